The number of hydrogen-bond donors (Lipinski definition) is 0. The van der Waals surface area contributed by atoms with Crippen LogP contribution < -0.4 is 9.47 Å². The number of amides is 2. The van der Waals surface area contributed by atoms with Crippen molar-refractivity contribution in [3.63, 3.8) is 0 Å². The van der Waals surface area contributed by atoms with Gasteiger partial charge in [-0.1, -0.05) is 24.3 Å². The summed E-state index contributed by atoms with van der Waals surface area (Å²) < 4.78 is 10.5. The Labute approximate surface area is 208 Å². The molecule has 0 radical (unpaired) electrons. The highest BCUT2D eigenvalue weighted by Crippen LogP contribution is 2.16. The maximum Gasteiger partial charge on any atom is 0.236 e. The summed E-state index contributed by atoms with van der Waals surface area (Å²) in [6.07, 6.45) is 0.372. The first-order valence-corrected chi connectivity index (χ1v) is 12.3. The van der Waals surface area contributed by atoms with Crippen LogP contribution in [0.25, 0.3) is 0 Å². The first-order valence-electron chi connectivity index (χ1n) is 12.3. The molecular weight excluding hydrogens is 444 g/mol. The van der Waals surface area contributed by atoms with Gasteiger partial charge in [0.2, 0.25) is 11.8 Å². The van der Waals surface area contributed by atoms with Gasteiger partial charge >= 0.3 is 0 Å². The van der Waals surface area contributed by atoms with Crippen LogP contribution in [-0.4, -0.2) is 105 Å². The first kappa shape index (κ1) is 25.0. The SMILES string of the molecule is COc1ccc(CN2CCN(C(=O)CN3CCN(C(=O)Cc4cccc(OC)c4)CC3)CC2)cc1. The Morgan fingerprint density at radius 2 is 1.29 bits per heavy atom. The minimum absolute atomic E-state index is 0.122. The molecule has 2 amide bonds. The van der Waals surface area contributed by atoms with Crippen LogP contribution >= 0.6 is 0 Å². The highest BCUT2D eigenvalue weighted by atomic mass is 16.5. The molecule has 8 nitrogen and oxygen atoms in total. The van der Waals surface area contributed by atoms with Crippen molar-refractivity contribution in [1.29, 1.82) is 0 Å². The highest BCUT2D eigenvalue weighted by Gasteiger charge is 2.26. The second kappa shape index (κ2) is 12.0. The fourth-order valence-corrected chi connectivity index (χ4v) is 4.66. The third-order valence-corrected chi connectivity index (χ3v) is 6.86. The summed E-state index contributed by atoms with van der Waals surface area (Å²) >= 11 is 0. The predicted molar refractivity (Wildman–Crippen MR) is 135 cm³/mol. The molecular formula is C27H36N4O4. The third kappa shape index (κ3) is 6.96. The van der Waals surface area contributed by atoms with Gasteiger partial charge in [-0.3, -0.25) is 19.4 Å². The lowest BCUT2D eigenvalue weighted by Gasteiger charge is -2.38. The summed E-state index contributed by atoms with van der Waals surface area (Å²) in [5.74, 6) is 1.94. The van der Waals surface area contributed by atoms with Gasteiger partial charge in [-0.15, -0.1) is 0 Å². The molecule has 2 aliphatic heterocycles. The quantitative estimate of drug-likeness (QED) is 0.574. The summed E-state index contributed by atoms with van der Waals surface area (Å²) in [5.41, 5.74) is 2.21. The van der Waals surface area contributed by atoms with Crippen molar-refractivity contribution >= 4 is 11.8 Å². The Hall–Kier alpha value is -3.10. The molecule has 2 aromatic carbocycles. The van der Waals surface area contributed by atoms with E-state index in [4.69, 9.17) is 9.47 Å². The monoisotopic (exact) mass is 480 g/mol. The minimum Gasteiger partial charge on any atom is -0.497 e. The minimum atomic E-state index is 0.122. The van der Waals surface area contributed by atoms with Gasteiger partial charge in [0.15, 0.2) is 0 Å². The van der Waals surface area contributed by atoms with E-state index in [0.717, 1.165) is 62.9 Å². The van der Waals surface area contributed by atoms with Gasteiger partial charge in [0.1, 0.15) is 11.5 Å². The zero-order chi connectivity index (χ0) is 24.6. The van der Waals surface area contributed by atoms with Gasteiger partial charge < -0.3 is 19.3 Å². The molecule has 2 fully saturated rings. The van der Waals surface area contributed by atoms with E-state index in [9.17, 15) is 9.59 Å². The number of hydrogen-bond acceptors (Lipinski definition) is 6. The second-order valence-electron chi connectivity index (χ2n) is 9.19. The van der Waals surface area contributed by atoms with E-state index in [2.05, 4.69) is 21.9 Å². The van der Waals surface area contributed by atoms with Crippen LogP contribution in [0, 0.1) is 0 Å². The average molecular weight is 481 g/mol. The smallest absolute Gasteiger partial charge is 0.236 e. The fourth-order valence-electron chi connectivity index (χ4n) is 4.66. The summed E-state index contributed by atoms with van der Waals surface area (Å²) in [4.78, 5) is 34.0. The van der Waals surface area contributed by atoms with Crippen molar-refractivity contribution in [1.82, 2.24) is 19.6 Å². The van der Waals surface area contributed by atoms with E-state index in [1.54, 1.807) is 14.2 Å². The summed E-state index contributed by atoms with van der Waals surface area (Å²) in [7, 11) is 3.30. The molecule has 0 saturated carbocycles. The van der Waals surface area contributed by atoms with Crippen molar-refractivity contribution in [2.24, 2.45) is 0 Å². The van der Waals surface area contributed by atoms with Crippen LogP contribution in [0.1, 0.15) is 11.1 Å². The standard InChI is InChI=1S/C27H36N4O4/c1-34-24-8-6-22(7-9-24)20-28-10-16-31(17-11-28)27(33)21-29-12-14-30(15-13-29)26(32)19-23-4-3-5-25(18-23)35-2/h3-9,18H,10-17,19-21H2,1-2H3. The van der Waals surface area contributed by atoms with E-state index in [1.807, 2.05) is 46.2 Å². The van der Waals surface area contributed by atoms with Gasteiger partial charge in [0.05, 0.1) is 27.2 Å². The number of benzene rings is 2. The van der Waals surface area contributed by atoms with Gasteiger partial charge in [-0.25, -0.2) is 0 Å². The molecule has 0 unspecified atom stereocenters. The molecule has 4 rings (SSSR count). The summed E-state index contributed by atoms with van der Waals surface area (Å²) in [5, 5.41) is 0. The highest BCUT2D eigenvalue weighted by molar-refractivity contribution is 5.79. The number of carbonyl (C=O) groups excluding carboxylic acids is 2. The van der Waals surface area contributed by atoms with Crippen molar-refractivity contribution < 1.29 is 19.1 Å². The van der Waals surface area contributed by atoms with Crippen LogP contribution in [0.5, 0.6) is 11.5 Å². The van der Waals surface area contributed by atoms with Gasteiger partial charge in [0, 0.05) is 58.9 Å². The molecule has 0 N–H and O–H groups in total. The number of methoxy groups -OCH3 is 2. The van der Waals surface area contributed by atoms with Gasteiger partial charge in [-0.05, 0) is 35.4 Å². The molecule has 0 bridgehead atoms. The molecule has 2 aromatic rings. The number of piperazine rings is 2. The number of carbonyl (C=O) groups is 2. The Morgan fingerprint density at radius 3 is 1.91 bits per heavy atom. The Morgan fingerprint density at radius 1 is 0.686 bits per heavy atom. The number of ether oxygens (including phenoxy) is 2. The van der Waals surface area contributed by atoms with Gasteiger partial charge in [-0.2, -0.15) is 0 Å². The molecule has 2 aliphatic rings. The van der Waals surface area contributed by atoms with Crippen molar-refractivity contribution in [2.75, 3.05) is 73.1 Å². The second-order valence-corrected chi connectivity index (χ2v) is 9.19. The molecule has 188 valence electrons. The lowest BCUT2D eigenvalue weighted by molar-refractivity contribution is -0.136. The third-order valence-electron chi connectivity index (χ3n) is 6.86. The van der Waals surface area contributed by atoms with E-state index in [0.29, 0.717) is 26.1 Å². The van der Waals surface area contributed by atoms with Crippen LogP contribution in [0.4, 0.5) is 0 Å². The van der Waals surface area contributed by atoms with E-state index < -0.39 is 0 Å². The normalized spacial score (nSPS) is 17.3. The molecule has 35 heavy (non-hydrogen) atoms. The van der Waals surface area contributed by atoms with Crippen molar-refractivity contribution in [3.8, 4) is 11.5 Å². The first-order chi connectivity index (χ1) is 17.0. The number of rotatable bonds is 8. The fraction of sp³-hybridized carbons (Fsp3) is 0.481. The molecule has 2 heterocycles. The molecule has 0 spiro atoms. The Kier molecular flexibility index (Phi) is 8.60. The zero-order valence-electron chi connectivity index (χ0n) is 20.8. The Balaban J connectivity index is 1.16. The molecule has 0 aliphatic carbocycles. The lowest BCUT2D eigenvalue weighted by Crippen LogP contribution is -2.54. The molecule has 0 aromatic heterocycles. The zero-order valence-corrected chi connectivity index (χ0v) is 20.8. The average Bonchev–Trinajstić information content (AvgIpc) is 2.90. The summed E-state index contributed by atoms with van der Waals surface area (Å²) in [6, 6.07) is 15.8. The molecule has 2 saturated heterocycles. The molecule has 0 atom stereocenters. The summed E-state index contributed by atoms with van der Waals surface area (Å²) in [6.45, 7) is 7.36. The van der Waals surface area contributed by atoms with Crippen molar-refractivity contribution in [3.05, 3.63) is 59.7 Å². The Bertz CT molecular complexity index is 981. The van der Waals surface area contributed by atoms with Crippen LogP contribution in [-0.2, 0) is 22.6 Å². The topological polar surface area (TPSA) is 65.6 Å². The predicted octanol–water partition coefficient (Wildman–Crippen LogP) is 1.73. The maximum absolute atomic E-state index is 12.9. The maximum atomic E-state index is 12.9. The number of nitrogens with zero attached hydrogens (tertiary/aromatic N) is 4. The van der Waals surface area contributed by atoms with Crippen LogP contribution in [0.3, 0.4) is 0 Å². The van der Waals surface area contributed by atoms with Crippen molar-refractivity contribution in [2.45, 2.75) is 13.0 Å². The van der Waals surface area contributed by atoms with E-state index in [-0.39, 0.29) is 11.8 Å². The van der Waals surface area contributed by atoms with Crippen LogP contribution in [0.2, 0.25) is 0 Å². The van der Waals surface area contributed by atoms with Gasteiger partial charge in [0.25, 0.3) is 0 Å². The largest absolute Gasteiger partial charge is 0.497 e. The van der Waals surface area contributed by atoms with E-state index >= 15 is 0 Å². The molecule has 8 heteroatoms. The van der Waals surface area contributed by atoms with E-state index in [1.165, 1.54) is 5.56 Å². The lowest BCUT2D eigenvalue weighted by atomic mass is 10.1. The van der Waals surface area contributed by atoms with Crippen LogP contribution in [0.15, 0.2) is 48.5 Å².